The maximum Gasteiger partial charge on any atom is 0.254 e. The van der Waals surface area contributed by atoms with Gasteiger partial charge in [0, 0.05) is 31.6 Å². The Morgan fingerprint density at radius 2 is 2.19 bits per heavy atom. The largest absolute Gasteiger partial charge is 0.497 e. The van der Waals surface area contributed by atoms with Gasteiger partial charge in [-0.1, -0.05) is 6.07 Å². The predicted octanol–water partition coefficient (Wildman–Crippen LogP) is -0.115. The van der Waals surface area contributed by atoms with Crippen LogP contribution < -0.4 is 10.1 Å². The molecule has 8 nitrogen and oxygen atoms in total. The Balaban J connectivity index is 1.69. The minimum Gasteiger partial charge on any atom is -0.497 e. The summed E-state index contributed by atoms with van der Waals surface area (Å²) < 4.78 is 10.7. The lowest BCUT2D eigenvalue weighted by molar-refractivity contribution is -0.140. The topological polar surface area (TPSA) is 88.2 Å². The van der Waals surface area contributed by atoms with Gasteiger partial charge >= 0.3 is 0 Å². The summed E-state index contributed by atoms with van der Waals surface area (Å²) in [4.78, 5) is 40.2. The Morgan fingerprint density at radius 1 is 1.35 bits per heavy atom. The van der Waals surface area contributed by atoms with E-state index in [1.165, 1.54) is 4.90 Å². The number of amides is 3. The van der Waals surface area contributed by atoms with E-state index in [0.29, 0.717) is 44.2 Å². The van der Waals surface area contributed by atoms with Gasteiger partial charge in [0.25, 0.3) is 5.91 Å². The molecule has 8 heteroatoms. The standard InChI is InChI=1S/C18H23N3O5/c1-25-15-4-2-3-13(9-15)18(24)21-7-8-26-12-14(21)10-17(23)20-6-5-19-16(22)11-20/h2-4,9,14H,5-8,10-12H2,1H3,(H,19,22). The molecular formula is C18H23N3O5. The number of benzene rings is 1. The van der Waals surface area contributed by atoms with Crippen LogP contribution in [0.1, 0.15) is 16.8 Å². The van der Waals surface area contributed by atoms with Crippen LogP contribution in [0.2, 0.25) is 0 Å². The molecule has 0 aromatic heterocycles. The number of methoxy groups -OCH3 is 1. The van der Waals surface area contributed by atoms with Crippen molar-refractivity contribution < 1.29 is 23.9 Å². The highest BCUT2D eigenvalue weighted by atomic mass is 16.5. The first-order chi connectivity index (χ1) is 12.6. The fraction of sp³-hybridized carbons (Fsp3) is 0.500. The minimum absolute atomic E-state index is 0.0657. The second-order valence-corrected chi connectivity index (χ2v) is 6.33. The number of hydrogen-bond donors (Lipinski definition) is 1. The number of morpholine rings is 1. The Bertz CT molecular complexity index is 693. The molecule has 2 saturated heterocycles. The van der Waals surface area contributed by atoms with E-state index >= 15 is 0 Å². The van der Waals surface area contributed by atoms with Crippen LogP contribution in [-0.2, 0) is 14.3 Å². The molecule has 2 fully saturated rings. The molecule has 0 saturated carbocycles. The zero-order valence-electron chi connectivity index (χ0n) is 14.8. The molecule has 2 aliphatic rings. The van der Waals surface area contributed by atoms with Crippen molar-refractivity contribution in [3.05, 3.63) is 29.8 Å². The highest BCUT2D eigenvalue weighted by Gasteiger charge is 2.32. The Morgan fingerprint density at radius 3 is 2.96 bits per heavy atom. The third-order valence-corrected chi connectivity index (χ3v) is 4.61. The monoisotopic (exact) mass is 361 g/mol. The number of nitrogens with zero attached hydrogens (tertiary/aromatic N) is 2. The van der Waals surface area contributed by atoms with Gasteiger partial charge in [0.05, 0.1) is 32.9 Å². The normalized spacial score (nSPS) is 20.5. The Labute approximate surface area is 152 Å². The summed E-state index contributed by atoms with van der Waals surface area (Å²) in [6, 6.07) is 6.61. The number of carbonyl (C=O) groups excluding carboxylic acids is 3. The third-order valence-electron chi connectivity index (χ3n) is 4.61. The van der Waals surface area contributed by atoms with Crippen molar-refractivity contribution in [2.45, 2.75) is 12.5 Å². The molecule has 1 N–H and O–H groups in total. The van der Waals surface area contributed by atoms with Crippen molar-refractivity contribution in [1.82, 2.24) is 15.1 Å². The molecule has 2 aliphatic heterocycles. The second kappa shape index (κ2) is 8.18. The van der Waals surface area contributed by atoms with E-state index < -0.39 is 0 Å². The Kier molecular flexibility index (Phi) is 5.72. The van der Waals surface area contributed by atoms with E-state index in [1.54, 1.807) is 36.3 Å². The molecule has 0 spiro atoms. The smallest absolute Gasteiger partial charge is 0.254 e. The summed E-state index contributed by atoms with van der Waals surface area (Å²) >= 11 is 0. The van der Waals surface area contributed by atoms with Gasteiger partial charge in [0.15, 0.2) is 0 Å². The zero-order valence-corrected chi connectivity index (χ0v) is 14.8. The van der Waals surface area contributed by atoms with E-state index in [-0.39, 0.29) is 36.7 Å². The van der Waals surface area contributed by atoms with Crippen molar-refractivity contribution in [3.63, 3.8) is 0 Å². The van der Waals surface area contributed by atoms with Crippen LogP contribution in [0.25, 0.3) is 0 Å². The van der Waals surface area contributed by atoms with Crippen LogP contribution in [0, 0.1) is 0 Å². The number of nitrogens with one attached hydrogen (secondary N) is 1. The molecule has 2 heterocycles. The predicted molar refractivity (Wildman–Crippen MR) is 92.8 cm³/mol. The third kappa shape index (κ3) is 4.13. The van der Waals surface area contributed by atoms with Crippen LogP contribution in [0.3, 0.4) is 0 Å². The fourth-order valence-electron chi connectivity index (χ4n) is 3.20. The molecule has 1 aromatic carbocycles. The van der Waals surface area contributed by atoms with E-state index in [4.69, 9.17) is 9.47 Å². The molecule has 26 heavy (non-hydrogen) atoms. The first kappa shape index (κ1) is 18.2. The lowest BCUT2D eigenvalue weighted by atomic mass is 10.1. The number of ether oxygens (including phenoxy) is 2. The van der Waals surface area contributed by atoms with Gasteiger partial charge < -0.3 is 24.6 Å². The van der Waals surface area contributed by atoms with Crippen LogP contribution in [-0.4, -0.2) is 80.1 Å². The molecule has 1 aromatic rings. The fourth-order valence-corrected chi connectivity index (χ4v) is 3.20. The summed E-state index contributed by atoms with van der Waals surface area (Å²) in [7, 11) is 1.55. The van der Waals surface area contributed by atoms with E-state index in [1.807, 2.05) is 0 Å². The van der Waals surface area contributed by atoms with Gasteiger partial charge in [-0.25, -0.2) is 0 Å². The van der Waals surface area contributed by atoms with Gasteiger partial charge in [-0.05, 0) is 18.2 Å². The van der Waals surface area contributed by atoms with Crippen LogP contribution >= 0.6 is 0 Å². The summed E-state index contributed by atoms with van der Waals surface area (Å²) in [5.41, 5.74) is 0.515. The summed E-state index contributed by atoms with van der Waals surface area (Å²) in [6.07, 6.45) is 0.142. The van der Waals surface area contributed by atoms with Crippen molar-refractivity contribution >= 4 is 17.7 Å². The highest BCUT2D eigenvalue weighted by molar-refractivity contribution is 5.95. The van der Waals surface area contributed by atoms with Gasteiger partial charge in [0.2, 0.25) is 11.8 Å². The molecule has 0 bridgehead atoms. The molecule has 3 rings (SSSR count). The molecule has 1 unspecified atom stereocenters. The molecule has 140 valence electrons. The van der Waals surface area contributed by atoms with Gasteiger partial charge in [-0.15, -0.1) is 0 Å². The van der Waals surface area contributed by atoms with Crippen LogP contribution in [0.4, 0.5) is 0 Å². The molecule has 1 atom stereocenters. The quantitative estimate of drug-likeness (QED) is 0.808. The number of rotatable bonds is 4. The molecule has 0 aliphatic carbocycles. The molecule has 0 radical (unpaired) electrons. The van der Waals surface area contributed by atoms with Crippen molar-refractivity contribution in [3.8, 4) is 5.75 Å². The first-order valence-corrected chi connectivity index (χ1v) is 8.65. The lowest BCUT2D eigenvalue weighted by Gasteiger charge is -2.37. The maximum atomic E-state index is 12.9. The molecule has 3 amide bonds. The SMILES string of the molecule is COc1cccc(C(=O)N2CCOCC2CC(=O)N2CCNC(=O)C2)c1. The maximum absolute atomic E-state index is 12.9. The molecular weight excluding hydrogens is 338 g/mol. The average molecular weight is 361 g/mol. The van der Waals surface area contributed by atoms with Crippen LogP contribution in [0.5, 0.6) is 5.75 Å². The highest BCUT2D eigenvalue weighted by Crippen LogP contribution is 2.19. The van der Waals surface area contributed by atoms with Crippen molar-refractivity contribution in [2.75, 3.05) is 46.5 Å². The zero-order chi connectivity index (χ0) is 18.5. The summed E-state index contributed by atoms with van der Waals surface area (Å²) in [5, 5.41) is 2.70. The lowest BCUT2D eigenvalue weighted by Crippen LogP contribution is -2.54. The Hall–Kier alpha value is -2.61. The second-order valence-electron chi connectivity index (χ2n) is 6.33. The van der Waals surface area contributed by atoms with Crippen LogP contribution in [0.15, 0.2) is 24.3 Å². The van der Waals surface area contributed by atoms with Crippen molar-refractivity contribution in [1.29, 1.82) is 0 Å². The summed E-state index contributed by atoms with van der Waals surface area (Å²) in [5.74, 6) is 0.157. The van der Waals surface area contributed by atoms with Crippen molar-refractivity contribution in [2.24, 2.45) is 0 Å². The van der Waals surface area contributed by atoms with E-state index in [0.717, 1.165) is 0 Å². The van der Waals surface area contributed by atoms with Gasteiger partial charge in [0.1, 0.15) is 5.75 Å². The number of piperazine rings is 1. The number of hydrogen-bond acceptors (Lipinski definition) is 5. The first-order valence-electron chi connectivity index (χ1n) is 8.65. The average Bonchev–Trinajstić information content (AvgIpc) is 2.68. The number of carbonyl (C=O) groups is 3. The summed E-state index contributed by atoms with van der Waals surface area (Å²) in [6.45, 7) is 2.18. The van der Waals surface area contributed by atoms with Gasteiger partial charge in [-0.2, -0.15) is 0 Å². The van der Waals surface area contributed by atoms with E-state index in [9.17, 15) is 14.4 Å². The van der Waals surface area contributed by atoms with Gasteiger partial charge in [-0.3, -0.25) is 14.4 Å². The minimum atomic E-state index is -0.347. The van der Waals surface area contributed by atoms with E-state index in [2.05, 4.69) is 5.32 Å².